The van der Waals surface area contributed by atoms with Crippen molar-refractivity contribution >= 4 is 28.5 Å². The van der Waals surface area contributed by atoms with E-state index < -0.39 is 5.97 Å². The van der Waals surface area contributed by atoms with Crippen LogP contribution in [-0.4, -0.2) is 28.3 Å². The number of hydrogen-bond donors (Lipinski definition) is 1. The minimum Gasteiger partial charge on any atom is -0.460 e. The highest BCUT2D eigenvalue weighted by molar-refractivity contribution is 6.13. The van der Waals surface area contributed by atoms with Gasteiger partial charge < -0.3 is 14.5 Å². The van der Waals surface area contributed by atoms with Crippen LogP contribution in [0.5, 0.6) is 0 Å². The van der Waals surface area contributed by atoms with Gasteiger partial charge in [-0.1, -0.05) is 12.1 Å². The maximum absolute atomic E-state index is 12.4. The van der Waals surface area contributed by atoms with E-state index in [1.807, 2.05) is 0 Å². The lowest BCUT2D eigenvalue weighted by Gasteiger charge is -2.06. The summed E-state index contributed by atoms with van der Waals surface area (Å²) in [5, 5.41) is 7.31. The summed E-state index contributed by atoms with van der Waals surface area (Å²) in [6.45, 7) is 1.92. The fourth-order valence-corrected chi connectivity index (χ4v) is 2.28. The van der Waals surface area contributed by atoms with Gasteiger partial charge in [-0.05, 0) is 25.1 Å². The van der Waals surface area contributed by atoms with Gasteiger partial charge in [-0.2, -0.15) is 5.10 Å². The van der Waals surface area contributed by atoms with Gasteiger partial charge in [0.05, 0.1) is 6.61 Å². The van der Waals surface area contributed by atoms with Crippen molar-refractivity contribution in [2.45, 2.75) is 6.92 Å². The molecule has 1 aromatic carbocycles. The maximum atomic E-state index is 12.4. The number of nitrogens with zero attached hydrogens (tertiary/aromatic N) is 2. The molecule has 0 aliphatic carbocycles. The zero-order valence-electron chi connectivity index (χ0n) is 12.7. The molecule has 2 heterocycles. The molecule has 0 aliphatic heterocycles. The second-order valence-electron chi connectivity index (χ2n) is 4.82. The Morgan fingerprint density at radius 3 is 2.78 bits per heavy atom. The number of anilines is 1. The van der Waals surface area contributed by atoms with Crippen molar-refractivity contribution in [2.24, 2.45) is 7.05 Å². The van der Waals surface area contributed by atoms with Crippen LogP contribution in [0.2, 0.25) is 0 Å². The molecule has 0 spiro atoms. The number of carbonyl (C=O) groups is 2. The summed E-state index contributed by atoms with van der Waals surface area (Å²) in [5.41, 5.74) is 1.16. The number of carbonyl (C=O) groups excluding carboxylic acids is 2. The van der Waals surface area contributed by atoms with Crippen molar-refractivity contribution in [1.82, 2.24) is 9.78 Å². The summed E-state index contributed by atoms with van der Waals surface area (Å²) in [6, 6.07) is 8.65. The van der Waals surface area contributed by atoms with Crippen LogP contribution in [0, 0.1) is 0 Å². The van der Waals surface area contributed by atoms with Gasteiger partial charge in [0.1, 0.15) is 17.0 Å². The molecule has 7 heteroatoms. The molecule has 1 N–H and O–H groups in total. The number of aryl methyl sites for hydroxylation is 1. The number of nitrogens with one attached hydrogen (secondary N) is 1. The minimum absolute atomic E-state index is 0.0245. The summed E-state index contributed by atoms with van der Waals surface area (Å²) in [7, 11) is 1.66. The molecule has 0 bridgehead atoms. The highest BCUT2D eigenvalue weighted by atomic mass is 16.5. The van der Waals surface area contributed by atoms with Crippen LogP contribution >= 0.6 is 0 Å². The van der Waals surface area contributed by atoms with Crippen LogP contribution in [0.1, 0.15) is 28.0 Å². The van der Waals surface area contributed by atoms with Gasteiger partial charge in [-0.15, -0.1) is 0 Å². The first-order chi connectivity index (χ1) is 11.1. The van der Waals surface area contributed by atoms with Crippen molar-refractivity contribution in [2.75, 3.05) is 11.9 Å². The molecule has 7 nitrogen and oxygen atoms in total. The Morgan fingerprint density at radius 2 is 2.09 bits per heavy atom. The van der Waals surface area contributed by atoms with Gasteiger partial charge in [0.2, 0.25) is 5.76 Å². The molecule has 2 aromatic heterocycles. The first-order valence-corrected chi connectivity index (χ1v) is 7.09. The van der Waals surface area contributed by atoms with Crippen molar-refractivity contribution < 1.29 is 18.7 Å². The summed E-state index contributed by atoms with van der Waals surface area (Å²) in [4.78, 5) is 24.5. The Labute approximate surface area is 131 Å². The fourth-order valence-electron chi connectivity index (χ4n) is 2.28. The number of rotatable bonds is 4. The Hall–Kier alpha value is -3.09. The molecule has 0 aliphatic rings. The van der Waals surface area contributed by atoms with Crippen LogP contribution in [0.3, 0.4) is 0 Å². The molecule has 0 radical (unpaired) electrons. The van der Waals surface area contributed by atoms with Crippen LogP contribution in [-0.2, 0) is 11.8 Å². The second-order valence-corrected chi connectivity index (χ2v) is 4.82. The summed E-state index contributed by atoms with van der Waals surface area (Å²) >= 11 is 0. The largest absolute Gasteiger partial charge is 0.460 e. The predicted molar refractivity (Wildman–Crippen MR) is 83.3 cm³/mol. The second kappa shape index (κ2) is 5.96. The fraction of sp³-hybridized carbons (Fsp3) is 0.188. The maximum Gasteiger partial charge on any atom is 0.376 e. The lowest BCUT2D eigenvalue weighted by molar-refractivity contribution is 0.0494. The number of benzene rings is 1. The molecule has 3 rings (SSSR count). The summed E-state index contributed by atoms with van der Waals surface area (Å²) < 4.78 is 12.0. The van der Waals surface area contributed by atoms with Crippen molar-refractivity contribution in [3.8, 4) is 0 Å². The number of fused-ring (bicyclic) bond motifs is 1. The topological polar surface area (TPSA) is 86.4 Å². The highest BCUT2D eigenvalue weighted by Gasteiger charge is 2.24. The molecular formula is C16H15N3O4. The molecule has 0 atom stereocenters. The lowest BCUT2D eigenvalue weighted by atomic mass is 10.2. The number of furan rings is 1. The SMILES string of the molecule is CCOC(=O)c1oc2ccccc2c1NC(=O)c1ccnn1C. The lowest BCUT2D eigenvalue weighted by Crippen LogP contribution is -2.18. The molecule has 0 saturated carbocycles. The average Bonchev–Trinajstić information content (AvgIpc) is 3.12. The Balaban J connectivity index is 2.04. The number of esters is 1. The normalized spacial score (nSPS) is 10.7. The number of amides is 1. The van der Waals surface area contributed by atoms with E-state index in [-0.39, 0.29) is 18.3 Å². The third-order valence-electron chi connectivity index (χ3n) is 3.35. The van der Waals surface area contributed by atoms with Gasteiger partial charge in [0.25, 0.3) is 5.91 Å². The molecule has 1 amide bonds. The molecular weight excluding hydrogens is 298 g/mol. The van der Waals surface area contributed by atoms with E-state index in [2.05, 4.69) is 10.4 Å². The molecule has 3 aromatic rings. The number of hydrogen-bond acceptors (Lipinski definition) is 5. The quantitative estimate of drug-likeness (QED) is 0.748. The van der Waals surface area contributed by atoms with Gasteiger partial charge >= 0.3 is 5.97 Å². The Morgan fingerprint density at radius 1 is 1.30 bits per heavy atom. The van der Waals surface area contributed by atoms with E-state index in [4.69, 9.17) is 9.15 Å². The average molecular weight is 313 g/mol. The first kappa shape index (κ1) is 14.8. The number of para-hydroxylation sites is 1. The van der Waals surface area contributed by atoms with Gasteiger partial charge in [-0.25, -0.2) is 4.79 Å². The smallest absolute Gasteiger partial charge is 0.376 e. The Kier molecular flexibility index (Phi) is 3.84. The monoisotopic (exact) mass is 313 g/mol. The van der Waals surface area contributed by atoms with Crippen LogP contribution < -0.4 is 5.32 Å². The summed E-state index contributed by atoms with van der Waals surface area (Å²) in [6.07, 6.45) is 1.52. The standard InChI is InChI=1S/C16H15N3O4/c1-3-22-16(21)14-13(10-6-4-5-7-12(10)23-14)18-15(20)11-8-9-17-19(11)2/h4-9H,3H2,1-2H3,(H,18,20). The van der Waals surface area contributed by atoms with Crippen molar-refractivity contribution in [3.05, 3.63) is 48.0 Å². The van der Waals surface area contributed by atoms with E-state index in [1.54, 1.807) is 44.3 Å². The van der Waals surface area contributed by atoms with E-state index in [1.165, 1.54) is 10.9 Å². The van der Waals surface area contributed by atoms with E-state index in [9.17, 15) is 9.59 Å². The first-order valence-electron chi connectivity index (χ1n) is 7.09. The molecule has 23 heavy (non-hydrogen) atoms. The van der Waals surface area contributed by atoms with Crippen LogP contribution in [0.25, 0.3) is 11.0 Å². The predicted octanol–water partition coefficient (Wildman–Crippen LogP) is 2.60. The Bertz CT molecular complexity index is 878. The van der Waals surface area contributed by atoms with Crippen molar-refractivity contribution in [3.63, 3.8) is 0 Å². The molecule has 118 valence electrons. The highest BCUT2D eigenvalue weighted by Crippen LogP contribution is 2.31. The minimum atomic E-state index is -0.621. The van der Waals surface area contributed by atoms with E-state index >= 15 is 0 Å². The van der Waals surface area contributed by atoms with E-state index in [0.717, 1.165) is 0 Å². The molecule has 0 fully saturated rings. The summed E-state index contributed by atoms with van der Waals surface area (Å²) in [5.74, 6) is -1.03. The van der Waals surface area contributed by atoms with E-state index in [0.29, 0.717) is 22.4 Å². The van der Waals surface area contributed by atoms with Gasteiger partial charge in [0.15, 0.2) is 0 Å². The third-order valence-corrected chi connectivity index (χ3v) is 3.35. The van der Waals surface area contributed by atoms with Crippen molar-refractivity contribution in [1.29, 1.82) is 0 Å². The van der Waals surface area contributed by atoms with Gasteiger partial charge in [-0.3, -0.25) is 9.48 Å². The zero-order valence-corrected chi connectivity index (χ0v) is 12.7. The zero-order chi connectivity index (χ0) is 16.4. The van der Waals surface area contributed by atoms with Crippen LogP contribution in [0.4, 0.5) is 5.69 Å². The van der Waals surface area contributed by atoms with Crippen LogP contribution in [0.15, 0.2) is 40.9 Å². The molecule has 0 saturated heterocycles. The number of ether oxygens (including phenoxy) is 1. The molecule has 0 unspecified atom stereocenters. The number of aromatic nitrogens is 2. The van der Waals surface area contributed by atoms with Gasteiger partial charge in [0, 0.05) is 18.6 Å². The third kappa shape index (κ3) is 2.68.